The molecule has 0 aliphatic heterocycles. The van der Waals surface area contributed by atoms with Crippen molar-refractivity contribution in [1.29, 1.82) is 0 Å². The fraction of sp³-hybridized carbons (Fsp3) is 0.462. The van der Waals surface area contributed by atoms with Gasteiger partial charge in [0, 0.05) is 11.3 Å². The summed E-state index contributed by atoms with van der Waals surface area (Å²) >= 11 is 3.88. The summed E-state index contributed by atoms with van der Waals surface area (Å²) in [5.74, 6) is 1.79. The summed E-state index contributed by atoms with van der Waals surface area (Å²) in [5.41, 5.74) is 8.00. The van der Waals surface area contributed by atoms with Gasteiger partial charge in [-0.05, 0) is 42.4 Å². The molecule has 2 aromatic rings. The normalized spacial score (nSPS) is 16.1. The van der Waals surface area contributed by atoms with Gasteiger partial charge in [0.2, 0.25) is 0 Å². The van der Waals surface area contributed by atoms with Crippen molar-refractivity contribution in [3.63, 3.8) is 0 Å². The average Bonchev–Trinajstić information content (AvgIpc) is 3.03. The fourth-order valence-electron chi connectivity index (χ4n) is 2.53. The summed E-state index contributed by atoms with van der Waals surface area (Å²) in [6.45, 7) is 1.99. The van der Waals surface area contributed by atoms with Gasteiger partial charge in [0.05, 0.1) is 14.3 Å². The second-order valence-electron chi connectivity index (χ2n) is 4.86. The van der Waals surface area contributed by atoms with Crippen molar-refractivity contribution in [3.05, 3.63) is 19.7 Å². The molecule has 1 fully saturated rings. The van der Waals surface area contributed by atoms with Crippen LogP contribution in [0.3, 0.4) is 0 Å². The Bertz CT molecular complexity index is 605. The minimum Gasteiger partial charge on any atom is -0.383 e. The van der Waals surface area contributed by atoms with Gasteiger partial charge in [-0.2, -0.15) is 0 Å². The zero-order valence-electron chi connectivity index (χ0n) is 10.7. The number of aryl methyl sites for hydroxylation is 1. The third-order valence-electron chi connectivity index (χ3n) is 3.49. The van der Waals surface area contributed by atoms with Gasteiger partial charge in [-0.3, -0.25) is 0 Å². The quantitative estimate of drug-likeness (QED) is 0.799. The first kappa shape index (κ1) is 13.2. The lowest BCUT2D eigenvalue weighted by Gasteiger charge is -2.13. The van der Waals surface area contributed by atoms with Crippen LogP contribution in [0.15, 0.2) is 5.38 Å². The van der Waals surface area contributed by atoms with E-state index in [4.69, 9.17) is 10.7 Å². The SMILES string of the molecule is Cc1nc(-c2nc(N)c(I)c(C3CCCC3)n2)cs1. The molecule has 2 heterocycles. The van der Waals surface area contributed by atoms with Crippen LogP contribution in [0.1, 0.15) is 42.3 Å². The molecule has 1 aliphatic carbocycles. The number of nitrogen functional groups attached to an aromatic ring is 1. The summed E-state index contributed by atoms with van der Waals surface area (Å²) in [6, 6.07) is 0. The molecule has 2 N–H and O–H groups in total. The largest absolute Gasteiger partial charge is 0.383 e. The van der Waals surface area contributed by atoms with Crippen molar-refractivity contribution >= 4 is 39.7 Å². The summed E-state index contributed by atoms with van der Waals surface area (Å²) in [5, 5.41) is 3.02. The highest BCUT2D eigenvalue weighted by Crippen LogP contribution is 2.37. The monoisotopic (exact) mass is 386 g/mol. The number of anilines is 1. The van der Waals surface area contributed by atoms with E-state index in [9.17, 15) is 0 Å². The molecule has 6 heteroatoms. The van der Waals surface area contributed by atoms with E-state index in [1.54, 1.807) is 11.3 Å². The Balaban J connectivity index is 2.06. The summed E-state index contributed by atoms with van der Waals surface area (Å²) in [6.07, 6.45) is 5.00. The van der Waals surface area contributed by atoms with E-state index in [0.29, 0.717) is 17.6 Å². The number of rotatable bonds is 2. The number of thiazole rings is 1. The lowest BCUT2D eigenvalue weighted by molar-refractivity contribution is 0.691. The van der Waals surface area contributed by atoms with Crippen LogP contribution in [-0.4, -0.2) is 15.0 Å². The van der Waals surface area contributed by atoms with Crippen LogP contribution in [-0.2, 0) is 0 Å². The maximum Gasteiger partial charge on any atom is 0.181 e. The minimum absolute atomic E-state index is 0.538. The van der Waals surface area contributed by atoms with Crippen LogP contribution in [0.25, 0.3) is 11.5 Å². The van der Waals surface area contributed by atoms with Crippen LogP contribution in [0, 0.1) is 10.5 Å². The first-order valence-electron chi connectivity index (χ1n) is 6.40. The molecule has 100 valence electrons. The molecular formula is C13H15IN4S. The molecule has 0 unspecified atom stereocenters. The lowest BCUT2D eigenvalue weighted by atomic mass is 10.0. The van der Waals surface area contributed by atoms with Crippen molar-refractivity contribution in [3.8, 4) is 11.5 Å². The first-order valence-corrected chi connectivity index (χ1v) is 8.36. The van der Waals surface area contributed by atoms with Crippen LogP contribution in [0.2, 0.25) is 0 Å². The van der Waals surface area contributed by atoms with Gasteiger partial charge in [-0.25, -0.2) is 15.0 Å². The minimum atomic E-state index is 0.538. The number of hydrogen-bond acceptors (Lipinski definition) is 5. The second-order valence-corrected chi connectivity index (χ2v) is 7.01. The molecule has 0 atom stereocenters. The molecule has 2 aromatic heterocycles. The van der Waals surface area contributed by atoms with E-state index in [1.807, 2.05) is 12.3 Å². The average molecular weight is 386 g/mol. The van der Waals surface area contributed by atoms with Gasteiger partial charge in [-0.15, -0.1) is 11.3 Å². The molecule has 0 aromatic carbocycles. The number of hydrogen-bond donors (Lipinski definition) is 1. The second kappa shape index (κ2) is 5.32. The molecule has 1 saturated carbocycles. The molecule has 0 saturated heterocycles. The van der Waals surface area contributed by atoms with Gasteiger partial charge in [0.15, 0.2) is 5.82 Å². The Morgan fingerprint density at radius 1 is 1.26 bits per heavy atom. The highest BCUT2D eigenvalue weighted by Gasteiger charge is 2.23. The van der Waals surface area contributed by atoms with E-state index in [-0.39, 0.29) is 0 Å². The zero-order valence-corrected chi connectivity index (χ0v) is 13.7. The van der Waals surface area contributed by atoms with Crippen molar-refractivity contribution in [2.75, 3.05) is 5.73 Å². The van der Waals surface area contributed by atoms with Crippen LogP contribution < -0.4 is 5.73 Å². The Kier molecular flexibility index (Phi) is 3.70. The van der Waals surface area contributed by atoms with E-state index < -0.39 is 0 Å². The molecule has 0 radical (unpaired) electrons. The van der Waals surface area contributed by atoms with E-state index >= 15 is 0 Å². The molecule has 1 aliphatic rings. The lowest BCUT2D eigenvalue weighted by Crippen LogP contribution is -2.08. The Hall–Kier alpha value is -0.760. The molecule has 4 nitrogen and oxygen atoms in total. The van der Waals surface area contributed by atoms with Crippen LogP contribution >= 0.6 is 33.9 Å². The predicted molar refractivity (Wildman–Crippen MR) is 86.2 cm³/mol. The van der Waals surface area contributed by atoms with Crippen LogP contribution in [0.5, 0.6) is 0 Å². The zero-order chi connectivity index (χ0) is 13.4. The smallest absolute Gasteiger partial charge is 0.181 e. The number of aromatic nitrogens is 3. The van der Waals surface area contributed by atoms with Crippen molar-refractivity contribution in [1.82, 2.24) is 15.0 Å². The molecule has 0 spiro atoms. The standard InChI is InChI=1S/C13H15IN4S/c1-7-16-9(6-19-7)13-17-11(8-4-2-3-5-8)10(14)12(15)18-13/h6,8H,2-5H2,1H3,(H2,15,17,18). The van der Waals surface area contributed by atoms with Crippen molar-refractivity contribution in [2.45, 2.75) is 38.5 Å². The molecule has 3 rings (SSSR count). The third kappa shape index (κ3) is 2.60. The number of halogens is 1. The van der Waals surface area contributed by atoms with E-state index in [2.05, 4.69) is 32.6 Å². The highest BCUT2D eigenvalue weighted by atomic mass is 127. The predicted octanol–water partition coefficient (Wildman–Crippen LogP) is 3.75. The van der Waals surface area contributed by atoms with Gasteiger partial charge < -0.3 is 5.73 Å². The maximum atomic E-state index is 6.05. The maximum absolute atomic E-state index is 6.05. The summed E-state index contributed by atoms with van der Waals surface area (Å²) < 4.78 is 1.01. The number of nitrogens with two attached hydrogens (primary N) is 1. The van der Waals surface area contributed by atoms with Crippen molar-refractivity contribution < 1.29 is 0 Å². The first-order chi connectivity index (χ1) is 9.15. The van der Waals surface area contributed by atoms with Gasteiger partial charge in [0.1, 0.15) is 11.5 Å². The Morgan fingerprint density at radius 3 is 2.63 bits per heavy atom. The van der Waals surface area contributed by atoms with E-state index in [1.165, 1.54) is 25.7 Å². The summed E-state index contributed by atoms with van der Waals surface area (Å²) in [4.78, 5) is 13.6. The van der Waals surface area contributed by atoms with Crippen LogP contribution in [0.4, 0.5) is 5.82 Å². The Morgan fingerprint density at radius 2 is 2.00 bits per heavy atom. The van der Waals surface area contributed by atoms with Gasteiger partial charge in [0.25, 0.3) is 0 Å². The van der Waals surface area contributed by atoms with E-state index in [0.717, 1.165) is 20.0 Å². The highest BCUT2D eigenvalue weighted by molar-refractivity contribution is 14.1. The molecule has 19 heavy (non-hydrogen) atoms. The van der Waals surface area contributed by atoms with Gasteiger partial charge in [-0.1, -0.05) is 12.8 Å². The topological polar surface area (TPSA) is 64.7 Å². The Labute approximate surface area is 130 Å². The third-order valence-corrected chi connectivity index (χ3v) is 5.37. The molecule has 0 bridgehead atoms. The molecule has 0 amide bonds. The van der Waals surface area contributed by atoms with Gasteiger partial charge >= 0.3 is 0 Å². The fourth-order valence-corrected chi connectivity index (χ4v) is 3.81. The molecular weight excluding hydrogens is 371 g/mol. The number of nitrogens with zero attached hydrogens (tertiary/aromatic N) is 3. The summed E-state index contributed by atoms with van der Waals surface area (Å²) in [7, 11) is 0. The van der Waals surface area contributed by atoms with Crippen molar-refractivity contribution in [2.24, 2.45) is 0 Å².